The third-order valence-electron chi connectivity index (χ3n) is 13.2. The number of hydrogen-bond donors (Lipinski definition) is 13. The minimum atomic E-state index is -1.87. The molecule has 8 atom stereocenters. The molecule has 1 aromatic rings. The van der Waals surface area contributed by atoms with Crippen LogP contribution in [0.25, 0.3) is 0 Å². The average Bonchev–Trinajstić information content (AvgIpc) is 3.87. The molecule has 2 aliphatic rings. The van der Waals surface area contributed by atoms with Gasteiger partial charge in [0.25, 0.3) is 0 Å². The van der Waals surface area contributed by atoms with E-state index in [2.05, 4.69) is 44.1 Å². The van der Waals surface area contributed by atoms with Crippen molar-refractivity contribution in [3.05, 3.63) is 29.8 Å². The Labute approximate surface area is 452 Å². The molecule has 13 amide bonds. The molecule has 18 N–H and O–H groups in total. The van der Waals surface area contributed by atoms with E-state index < -0.39 is 170 Å². The van der Waals surface area contributed by atoms with Crippen molar-refractivity contribution in [2.24, 2.45) is 28.7 Å². The van der Waals surface area contributed by atoms with Gasteiger partial charge in [0.05, 0.1) is 25.7 Å². The van der Waals surface area contributed by atoms with Crippen molar-refractivity contribution in [1.29, 1.82) is 0 Å². The zero-order valence-electron chi connectivity index (χ0n) is 44.3. The molecular weight excluding hydrogens is 1020 g/mol. The molecule has 27 nitrogen and oxygen atoms in total. The number of phenolic OH excluding ortho intramolecular Hbond substituents is 1. The number of primary amides is 5. The fourth-order valence-electron chi connectivity index (χ4n) is 9.18. The van der Waals surface area contributed by atoms with E-state index in [1.165, 1.54) is 37.1 Å². The first-order valence-corrected chi connectivity index (χ1v) is 26.6. The number of aromatic hydroxyl groups is 1. The van der Waals surface area contributed by atoms with Crippen LogP contribution >= 0.6 is 0 Å². The van der Waals surface area contributed by atoms with Crippen LogP contribution in [-0.2, 0) is 68.7 Å². The molecular formula is C51H79N13O14. The summed E-state index contributed by atoms with van der Waals surface area (Å²) in [4.78, 5) is 176. The number of rotatable bonds is 25. The number of nitrogens with zero attached hydrogens (tertiary/aromatic N) is 1. The van der Waals surface area contributed by atoms with E-state index in [9.17, 15) is 67.4 Å². The number of phenols is 1. The largest absolute Gasteiger partial charge is 0.508 e. The second-order valence-electron chi connectivity index (χ2n) is 19.9. The topological polar surface area (TPSA) is 460 Å². The molecule has 2 saturated heterocycles. The minimum absolute atomic E-state index is 0.0193. The van der Waals surface area contributed by atoms with Gasteiger partial charge in [0.15, 0.2) is 0 Å². The van der Waals surface area contributed by atoms with Gasteiger partial charge in [0.1, 0.15) is 48.0 Å². The Morgan fingerprint density at radius 2 is 0.910 bits per heavy atom. The van der Waals surface area contributed by atoms with Crippen molar-refractivity contribution >= 4 is 76.8 Å². The Morgan fingerprint density at radius 3 is 1.38 bits per heavy atom. The standard InChI is InChI=1S/C51H79N13O14/c1-2-3-4-5-6-7-8-9-10-11-12-14-30-24-44(71)58-34(25-40(53)67)47(74)60-33(23-29-16-18-31(65)19-17-29)46(73)62-36(27-42(55)69)48(75)59-32(20-21-39(52)66)51(78)64-22-13-15-38(64)50(77)63-37(28-43(56)70)49(76)61-35(26-41(54)68)45(72)57-30/h16-19,30,32-38,65H,2-15,20-28H2,1H3,(H2,52,66)(H2,53,67)(H2,54,68)(H2,55,69)(H2,56,70)(H,57,72)(H,58,71)(H,59,75)(H,60,74)(H,61,76)(H,62,73)(H,63,77). The summed E-state index contributed by atoms with van der Waals surface area (Å²) in [7, 11) is 0. The third kappa shape index (κ3) is 23.6. The molecule has 3 rings (SSSR count). The van der Waals surface area contributed by atoms with E-state index >= 15 is 0 Å². The summed E-state index contributed by atoms with van der Waals surface area (Å²) < 4.78 is 0. The predicted octanol–water partition coefficient (Wildman–Crippen LogP) is -2.81. The molecule has 0 spiro atoms. The fourth-order valence-corrected chi connectivity index (χ4v) is 9.18. The molecule has 8 unspecified atom stereocenters. The lowest BCUT2D eigenvalue weighted by atomic mass is 10.0. The van der Waals surface area contributed by atoms with Gasteiger partial charge < -0.3 is 75.9 Å². The van der Waals surface area contributed by atoms with Crippen LogP contribution in [0, 0.1) is 0 Å². The molecule has 0 aromatic heterocycles. The van der Waals surface area contributed by atoms with Crippen molar-refractivity contribution in [2.75, 3.05) is 6.54 Å². The fraction of sp³-hybridized carbons (Fsp3) is 0.627. The van der Waals surface area contributed by atoms with Crippen LogP contribution in [0.15, 0.2) is 24.3 Å². The lowest BCUT2D eigenvalue weighted by Gasteiger charge is -2.31. The number of benzene rings is 1. The van der Waals surface area contributed by atoms with E-state index in [1.54, 1.807) is 0 Å². The molecule has 78 heavy (non-hydrogen) atoms. The second kappa shape index (κ2) is 33.3. The Kier molecular flexibility index (Phi) is 27.5. The van der Waals surface area contributed by atoms with E-state index in [0.29, 0.717) is 18.4 Å². The van der Waals surface area contributed by atoms with E-state index in [0.717, 1.165) is 49.8 Å². The summed E-state index contributed by atoms with van der Waals surface area (Å²) in [5.41, 5.74) is 27.8. The van der Waals surface area contributed by atoms with Gasteiger partial charge in [0, 0.05) is 31.8 Å². The van der Waals surface area contributed by atoms with E-state index in [4.69, 9.17) is 28.7 Å². The predicted molar refractivity (Wildman–Crippen MR) is 279 cm³/mol. The van der Waals surface area contributed by atoms with Crippen LogP contribution < -0.4 is 65.9 Å². The summed E-state index contributed by atoms with van der Waals surface area (Å²) in [5, 5.41) is 26.9. The molecule has 2 fully saturated rings. The van der Waals surface area contributed by atoms with Crippen molar-refractivity contribution in [1.82, 2.24) is 42.1 Å². The number of amides is 13. The van der Waals surface area contributed by atoms with Crippen molar-refractivity contribution in [3.63, 3.8) is 0 Å². The number of unbranched alkanes of at least 4 members (excludes halogenated alkanes) is 10. The van der Waals surface area contributed by atoms with Gasteiger partial charge >= 0.3 is 0 Å². The van der Waals surface area contributed by atoms with E-state index in [1.807, 2.05) is 0 Å². The normalized spacial score (nSPS) is 23.4. The molecule has 0 aliphatic carbocycles. The van der Waals surface area contributed by atoms with Crippen molar-refractivity contribution < 1.29 is 67.4 Å². The van der Waals surface area contributed by atoms with Crippen LogP contribution in [0.2, 0.25) is 0 Å². The summed E-state index contributed by atoms with van der Waals surface area (Å²) in [6.07, 6.45) is 5.88. The Morgan fingerprint density at radius 1 is 0.500 bits per heavy atom. The first kappa shape index (κ1) is 64.4. The van der Waals surface area contributed by atoms with Gasteiger partial charge in [-0.05, 0) is 43.4 Å². The summed E-state index contributed by atoms with van der Waals surface area (Å²) in [6, 6.07) is -7.61. The Bertz CT molecular complexity index is 2300. The maximum atomic E-state index is 14.3. The first-order valence-electron chi connectivity index (χ1n) is 26.6. The van der Waals surface area contributed by atoms with Gasteiger partial charge in [-0.2, -0.15) is 0 Å². The smallest absolute Gasteiger partial charge is 0.245 e. The Balaban J connectivity index is 2.14. The molecule has 2 aliphatic heterocycles. The van der Waals surface area contributed by atoms with Crippen LogP contribution in [0.5, 0.6) is 5.75 Å². The van der Waals surface area contributed by atoms with E-state index in [-0.39, 0.29) is 38.0 Å². The monoisotopic (exact) mass is 1100 g/mol. The maximum Gasteiger partial charge on any atom is 0.245 e. The average molecular weight is 1100 g/mol. The molecule has 27 heteroatoms. The highest BCUT2D eigenvalue weighted by molar-refractivity contribution is 6.01. The maximum absolute atomic E-state index is 14.3. The third-order valence-corrected chi connectivity index (χ3v) is 13.2. The number of nitrogens with two attached hydrogens (primary N) is 5. The van der Waals surface area contributed by atoms with Crippen molar-refractivity contribution in [3.8, 4) is 5.75 Å². The lowest BCUT2D eigenvalue weighted by Crippen LogP contribution is -2.60. The zero-order chi connectivity index (χ0) is 57.9. The van der Waals surface area contributed by atoms with Gasteiger partial charge in [0.2, 0.25) is 76.8 Å². The second-order valence-corrected chi connectivity index (χ2v) is 19.9. The number of hydrogen-bond acceptors (Lipinski definition) is 14. The zero-order valence-corrected chi connectivity index (χ0v) is 44.3. The molecule has 0 radical (unpaired) electrons. The highest BCUT2D eigenvalue weighted by Crippen LogP contribution is 2.21. The summed E-state index contributed by atoms with van der Waals surface area (Å²) in [5.74, 6) is -13.9. The first-order chi connectivity index (χ1) is 37.0. The quantitative estimate of drug-likeness (QED) is 0.0440. The van der Waals surface area contributed by atoms with Gasteiger partial charge in [-0.25, -0.2) is 0 Å². The van der Waals surface area contributed by atoms with Crippen LogP contribution in [0.4, 0.5) is 0 Å². The van der Waals surface area contributed by atoms with Crippen molar-refractivity contribution in [2.45, 2.75) is 197 Å². The van der Waals surface area contributed by atoms with Crippen LogP contribution in [0.3, 0.4) is 0 Å². The lowest BCUT2D eigenvalue weighted by molar-refractivity contribution is -0.143. The SMILES string of the molecule is CCCCCCCCCCCCCC1CC(=O)NC(CC(N)=O)C(=O)NC(Cc2ccc(O)cc2)C(=O)NC(CC(N)=O)C(=O)NC(CCC(N)=O)C(=O)N2CCCC2C(=O)NC(CC(N)=O)C(=O)NC(CC(N)=O)C(=O)N1. The van der Waals surface area contributed by atoms with Gasteiger partial charge in [-0.1, -0.05) is 89.7 Å². The highest BCUT2D eigenvalue weighted by Gasteiger charge is 2.41. The Hall–Kier alpha value is -7.87. The van der Waals surface area contributed by atoms with Gasteiger partial charge in [-0.3, -0.25) is 62.3 Å². The minimum Gasteiger partial charge on any atom is -0.508 e. The molecule has 1 aromatic carbocycles. The molecule has 0 bridgehead atoms. The number of carbonyl (C=O) groups is 13. The number of fused-ring (bicyclic) bond motifs is 1. The van der Waals surface area contributed by atoms with Crippen LogP contribution in [-0.4, -0.2) is 142 Å². The molecule has 2 heterocycles. The highest BCUT2D eigenvalue weighted by atomic mass is 16.3. The summed E-state index contributed by atoms with van der Waals surface area (Å²) >= 11 is 0. The summed E-state index contributed by atoms with van der Waals surface area (Å²) in [6.45, 7) is 2.04. The molecule has 0 saturated carbocycles. The van der Waals surface area contributed by atoms with Crippen LogP contribution in [0.1, 0.15) is 147 Å². The molecule has 432 valence electrons. The number of nitrogens with one attached hydrogen (secondary N) is 7. The number of carbonyl (C=O) groups excluding carboxylic acids is 13. The van der Waals surface area contributed by atoms with Gasteiger partial charge in [-0.15, -0.1) is 0 Å².